The molecule has 0 saturated heterocycles. The first-order chi connectivity index (χ1) is 7.08. The Kier molecular flexibility index (Phi) is 2.32. The molecule has 0 saturated carbocycles. The normalized spacial score (nSPS) is 10.5. The van der Waals surface area contributed by atoms with Crippen LogP contribution in [0.5, 0.6) is 0 Å². The van der Waals surface area contributed by atoms with Crippen LogP contribution in [-0.2, 0) is 0 Å². The molecule has 0 aliphatic rings. The molecular weight excluding hydrogens is 219 g/mol. The predicted molar refractivity (Wildman–Crippen MR) is 55.9 cm³/mol. The van der Waals surface area contributed by atoms with E-state index in [-0.39, 0.29) is 5.56 Å². The highest BCUT2D eigenvalue weighted by atomic mass is 35.5. The summed E-state index contributed by atoms with van der Waals surface area (Å²) in [5.74, 6) is -1.71. The van der Waals surface area contributed by atoms with Gasteiger partial charge in [0.25, 0.3) is 0 Å². The van der Waals surface area contributed by atoms with Gasteiger partial charge >= 0.3 is 5.97 Å². The van der Waals surface area contributed by atoms with Gasteiger partial charge in [-0.05, 0) is 35.7 Å². The maximum Gasteiger partial charge on any atom is 0.335 e. The topological polar surface area (TPSA) is 37.3 Å². The van der Waals surface area contributed by atoms with Crippen LogP contribution in [0.25, 0.3) is 10.8 Å². The van der Waals surface area contributed by atoms with Crippen LogP contribution in [0.4, 0.5) is 4.39 Å². The van der Waals surface area contributed by atoms with Crippen LogP contribution in [0, 0.1) is 5.82 Å². The second-order valence-corrected chi connectivity index (χ2v) is 3.57. The SMILES string of the molecule is O=C(O)c1cc(F)c2ccc(Cl)cc2c1. The maximum absolute atomic E-state index is 13.4. The predicted octanol–water partition coefficient (Wildman–Crippen LogP) is 3.33. The molecule has 0 aliphatic carbocycles. The molecule has 15 heavy (non-hydrogen) atoms. The Hall–Kier alpha value is -1.61. The number of halogens is 2. The Bertz CT molecular complexity index is 552. The number of fused-ring (bicyclic) bond motifs is 1. The Morgan fingerprint density at radius 1 is 1.27 bits per heavy atom. The Balaban J connectivity index is 2.79. The fraction of sp³-hybridized carbons (Fsp3) is 0. The minimum atomic E-state index is -1.16. The zero-order chi connectivity index (χ0) is 11.0. The number of hydrogen-bond acceptors (Lipinski definition) is 1. The standard InChI is InChI=1S/C11H6ClFO2/c12-8-1-2-9-6(4-8)3-7(11(14)15)5-10(9)13/h1-5H,(H,14,15). The fourth-order valence-corrected chi connectivity index (χ4v) is 1.60. The highest BCUT2D eigenvalue weighted by Crippen LogP contribution is 2.23. The Morgan fingerprint density at radius 2 is 2.00 bits per heavy atom. The first kappa shape index (κ1) is 9.93. The van der Waals surface area contributed by atoms with E-state index in [1.54, 1.807) is 6.07 Å². The summed E-state index contributed by atoms with van der Waals surface area (Å²) >= 11 is 5.73. The van der Waals surface area contributed by atoms with E-state index in [2.05, 4.69) is 0 Å². The molecule has 0 radical (unpaired) electrons. The number of rotatable bonds is 1. The van der Waals surface area contributed by atoms with Crippen molar-refractivity contribution in [3.63, 3.8) is 0 Å². The van der Waals surface area contributed by atoms with Gasteiger partial charge < -0.3 is 5.11 Å². The monoisotopic (exact) mass is 224 g/mol. The van der Waals surface area contributed by atoms with Crippen molar-refractivity contribution in [2.45, 2.75) is 0 Å². The molecular formula is C11H6ClFO2. The summed E-state index contributed by atoms with van der Waals surface area (Å²) < 4.78 is 13.4. The van der Waals surface area contributed by atoms with Crippen LogP contribution < -0.4 is 0 Å². The molecule has 0 amide bonds. The van der Waals surface area contributed by atoms with Crippen molar-refractivity contribution < 1.29 is 14.3 Å². The summed E-state index contributed by atoms with van der Waals surface area (Å²) in [6.45, 7) is 0. The number of aromatic carboxylic acids is 1. The van der Waals surface area contributed by atoms with Gasteiger partial charge in [0.2, 0.25) is 0 Å². The summed E-state index contributed by atoms with van der Waals surface area (Å²) in [6.07, 6.45) is 0. The number of benzene rings is 2. The van der Waals surface area contributed by atoms with Crippen molar-refractivity contribution in [1.82, 2.24) is 0 Å². The van der Waals surface area contributed by atoms with Gasteiger partial charge in [-0.2, -0.15) is 0 Å². The zero-order valence-electron chi connectivity index (χ0n) is 7.50. The first-order valence-electron chi connectivity index (χ1n) is 4.20. The largest absolute Gasteiger partial charge is 0.478 e. The second kappa shape index (κ2) is 3.51. The third-order valence-electron chi connectivity index (χ3n) is 2.11. The van der Waals surface area contributed by atoms with E-state index in [1.807, 2.05) is 0 Å². The lowest BCUT2D eigenvalue weighted by molar-refractivity contribution is 0.0696. The average molecular weight is 225 g/mol. The van der Waals surface area contributed by atoms with E-state index in [0.717, 1.165) is 6.07 Å². The molecule has 0 bridgehead atoms. The van der Waals surface area contributed by atoms with Gasteiger partial charge in [-0.15, -0.1) is 0 Å². The molecule has 2 aromatic carbocycles. The third kappa shape index (κ3) is 1.78. The minimum Gasteiger partial charge on any atom is -0.478 e. The zero-order valence-corrected chi connectivity index (χ0v) is 8.25. The number of carbonyl (C=O) groups is 1. The molecule has 76 valence electrons. The van der Waals surface area contributed by atoms with Gasteiger partial charge in [0.05, 0.1) is 5.56 Å². The van der Waals surface area contributed by atoms with Gasteiger partial charge in [0.15, 0.2) is 0 Å². The van der Waals surface area contributed by atoms with Crippen molar-refractivity contribution in [3.05, 3.63) is 46.7 Å². The van der Waals surface area contributed by atoms with Crippen LogP contribution in [0.3, 0.4) is 0 Å². The Labute approximate surface area is 89.9 Å². The van der Waals surface area contributed by atoms with Crippen LogP contribution in [0.2, 0.25) is 5.02 Å². The molecule has 2 aromatic rings. The summed E-state index contributed by atoms with van der Waals surface area (Å²) in [6, 6.07) is 7.02. The summed E-state index contributed by atoms with van der Waals surface area (Å²) in [5, 5.41) is 10.0. The van der Waals surface area contributed by atoms with E-state index in [1.165, 1.54) is 18.2 Å². The molecule has 0 atom stereocenters. The van der Waals surface area contributed by atoms with Gasteiger partial charge in [-0.1, -0.05) is 11.6 Å². The number of carboxylic acids is 1. The second-order valence-electron chi connectivity index (χ2n) is 3.13. The summed E-state index contributed by atoms with van der Waals surface area (Å²) in [5.41, 5.74) is -0.0812. The molecule has 2 rings (SSSR count). The highest BCUT2D eigenvalue weighted by Gasteiger charge is 2.08. The molecule has 0 aliphatic heterocycles. The van der Waals surface area contributed by atoms with E-state index in [9.17, 15) is 9.18 Å². The number of carboxylic acid groups (broad SMARTS) is 1. The third-order valence-corrected chi connectivity index (χ3v) is 2.35. The lowest BCUT2D eigenvalue weighted by Crippen LogP contribution is -1.97. The quantitative estimate of drug-likeness (QED) is 0.807. The smallest absolute Gasteiger partial charge is 0.335 e. The minimum absolute atomic E-state index is 0.0812. The van der Waals surface area contributed by atoms with E-state index >= 15 is 0 Å². The molecule has 0 fully saturated rings. The van der Waals surface area contributed by atoms with Gasteiger partial charge in [0, 0.05) is 10.4 Å². The van der Waals surface area contributed by atoms with E-state index in [0.29, 0.717) is 15.8 Å². The lowest BCUT2D eigenvalue weighted by atomic mass is 10.1. The molecule has 0 aromatic heterocycles. The van der Waals surface area contributed by atoms with Crippen molar-refractivity contribution in [2.24, 2.45) is 0 Å². The van der Waals surface area contributed by atoms with Crippen molar-refractivity contribution >= 4 is 28.3 Å². The highest BCUT2D eigenvalue weighted by molar-refractivity contribution is 6.31. The van der Waals surface area contributed by atoms with Crippen LogP contribution in [0.1, 0.15) is 10.4 Å². The molecule has 1 N–H and O–H groups in total. The van der Waals surface area contributed by atoms with Gasteiger partial charge in [-0.25, -0.2) is 9.18 Å². The average Bonchev–Trinajstić information content (AvgIpc) is 2.16. The van der Waals surface area contributed by atoms with E-state index < -0.39 is 11.8 Å². The molecule has 2 nitrogen and oxygen atoms in total. The molecule has 0 spiro atoms. The molecule has 0 heterocycles. The van der Waals surface area contributed by atoms with Gasteiger partial charge in [-0.3, -0.25) is 0 Å². The Morgan fingerprint density at radius 3 is 2.67 bits per heavy atom. The molecule has 4 heteroatoms. The number of hydrogen-bond donors (Lipinski definition) is 1. The summed E-state index contributed by atoms with van der Waals surface area (Å²) in [7, 11) is 0. The maximum atomic E-state index is 13.4. The molecule has 0 unspecified atom stereocenters. The van der Waals surface area contributed by atoms with Crippen molar-refractivity contribution in [1.29, 1.82) is 0 Å². The van der Waals surface area contributed by atoms with Crippen LogP contribution in [0.15, 0.2) is 30.3 Å². The van der Waals surface area contributed by atoms with Crippen LogP contribution in [-0.4, -0.2) is 11.1 Å². The van der Waals surface area contributed by atoms with E-state index in [4.69, 9.17) is 16.7 Å². The van der Waals surface area contributed by atoms with Crippen LogP contribution >= 0.6 is 11.6 Å². The van der Waals surface area contributed by atoms with Crippen molar-refractivity contribution in [2.75, 3.05) is 0 Å². The first-order valence-corrected chi connectivity index (χ1v) is 4.58. The van der Waals surface area contributed by atoms with Gasteiger partial charge in [0.1, 0.15) is 5.82 Å². The lowest BCUT2D eigenvalue weighted by Gasteiger charge is -2.02. The van der Waals surface area contributed by atoms with Crippen molar-refractivity contribution in [3.8, 4) is 0 Å². The fourth-order valence-electron chi connectivity index (χ4n) is 1.42. The summed E-state index contributed by atoms with van der Waals surface area (Å²) in [4.78, 5) is 10.7.